The van der Waals surface area contributed by atoms with Gasteiger partial charge in [0.05, 0.1) is 17.5 Å². The highest BCUT2D eigenvalue weighted by atomic mass is 16.5. The average Bonchev–Trinajstić information content (AvgIpc) is 3.59. The molecule has 8 nitrogen and oxygen atoms in total. The van der Waals surface area contributed by atoms with Gasteiger partial charge in [-0.25, -0.2) is 14.6 Å². The summed E-state index contributed by atoms with van der Waals surface area (Å²) in [6.45, 7) is 2.44. The van der Waals surface area contributed by atoms with E-state index in [1.165, 1.54) is 6.33 Å². The van der Waals surface area contributed by atoms with Crippen LogP contribution in [0.4, 0.5) is 5.82 Å². The van der Waals surface area contributed by atoms with Crippen LogP contribution >= 0.6 is 0 Å². The first-order valence-electron chi connectivity index (χ1n) is 11.7. The van der Waals surface area contributed by atoms with E-state index in [2.05, 4.69) is 21.8 Å². The summed E-state index contributed by atoms with van der Waals surface area (Å²) in [5, 5.41) is 5.71. The van der Waals surface area contributed by atoms with Gasteiger partial charge in [0.1, 0.15) is 29.3 Å². The molecule has 2 aromatic carbocycles. The van der Waals surface area contributed by atoms with Crippen molar-refractivity contribution in [2.45, 2.75) is 31.8 Å². The van der Waals surface area contributed by atoms with E-state index >= 15 is 0 Å². The molecule has 174 valence electrons. The first-order valence-corrected chi connectivity index (χ1v) is 11.7. The van der Waals surface area contributed by atoms with Crippen molar-refractivity contribution >= 4 is 22.8 Å². The van der Waals surface area contributed by atoms with Gasteiger partial charge in [-0.1, -0.05) is 24.1 Å². The lowest BCUT2D eigenvalue weighted by atomic mass is 10.1. The first-order chi connectivity index (χ1) is 17.1. The molecule has 2 fully saturated rings. The third kappa shape index (κ3) is 3.66. The monoisotopic (exact) mass is 464 g/mol. The van der Waals surface area contributed by atoms with E-state index in [-0.39, 0.29) is 18.0 Å². The van der Waals surface area contributed by atoms with Crippen molar-refractivity contribution in [2.75, 3.05) is 12.3 Å². The molecule has 4 aromatic rings. The number of nitrogens with zero attached hydrogens (tertiary/aromatic N) is 5. The van der Waals surface area contributed by atoms with E-state index in [4.69, 9.17) is 15.6 Å². The number of hydrogen-bond acceptors (Lipinski definition) is 6. The lowest BCUT2D eigenvalue weighted by Gasteiger charge is -2.32. The van der Waals surface area contributed by atoms with Crippen molar-refractivity contribution < 1.29 is 9.53 Å². The summed E-state index contributed by atoms with van der Waals surface area (Å²) in [5.74, 6) is 7.62. The molecule has 1 aliphatic heterocycles. The number of aromatic nitrogens is 4. The molecular weight excluding hydrogens is 440 g/mol. The fraction of sp³-hybridized carbons (Fsp3) is 0.259. The lowest BCUT2D eigenvalue weighted by Crippen LogP contribution is -2.42. The Balaban J connectivity index is 1.37. The van der Waals surface area contributed by atoms with Gasteiger partial charge >= 0.3 is 0 Å². The number of nitrogens with two attached hydrogens (primary N) is 1. The maximum atomic E-state index is 12.6. The number of fused-ring (bicyclic) bond motifs is 3. The number of anilines is 1. The molecule has 1 aliphatic carbocycles. The van der Waals surface area contributed by atoms with Crippen molar-refractivity contribution in [1.29, 1.82) is 0 Å². The van der Waals surface area contributed by atoms with Crippen LogP contribution in [-0.2, 0) is 4.79 Å². The van der Waals surface area contributed by atoms with E-state index in [9.17, 15) is 4.79 Å². The van der Waals surface area contributed by atoms with Crippen LogP contribution in [0, 0.1) is 17.8 Å². The molecule has 1 amide bonds. The molecule has 3 unspecified atom stereocenters. The number of carbonyl (C=O) groups excluding carboxylic acids is 1. The summed E-state index contributed by atoms with van der Waals surface area (Å²) in [7, 11) is 0. The molecule has 3 heterocycles. The highest BCUT2D eigenvalue weighted by molar-refractivity contribution is 5.98. The van der Waals surface area contributed by atoms with E-state index in [0.717, 1.165) is 47.5 Å². The Morgan fingerprint density at radius 2 is 1.77 bits per heavy atom. The number of para-hydroxylation sites is 1. The summed E-state index contributed by atoms with van der Waals surface area (Å²) in [4.78, 5) is 23.3. The minimum Gasteiger partial charge on any atom is -0.457 e. The van der Waals surface area contributed by atoms with Crippen molar-refractivity contribution in [3.63, 3.8) is 0 Å². The molecule has 35 heavy (non-hydrogen) atoms. The zero-order chi connectivity index (χ0) is 23.9. The van der Waals surface area contributed by atoms with Gasteiger partial charge in [-0.3, -0.25) is 4.79 Å². The zero-order valence-electron chi connectivity index (χ0n) is 19.3. The summed E-state index contributed by atoms with van der Waals surface area (Å²) in [6.07, 6.45) is 3.36. The van der Waals surface area contributed by atoms with Crippen LogP contribution < -0.4 is 10.5 Å². The van der Waals surface area contributed by atoms with Crippen LogP contribution in [0.25, 0.3) is 22.3 Å². The van der Waals surface area contributed by atoms with Crippen LogP contribution in [0.1, 0.15) is 25.8 Å². The van der Waals surface area contributed by atoms with Crippen LogP contribution in [-0.4, -0.2) is 43.1 Å². The third-order valence-electron chi connectivity index (χ3n) is 6.88. The lowest BCUT2D eigenvalue weighted by molar-refractivity contribution is -0.127. The summed E-state index contributed by atoms with van der Waals surface area (Å²) < 4.78 is 7.88. The minimum absolute atomic E-state index is 0.0163. The first kappa shape index (κ1) is 21.2. The number of hydrogen-bond donors (Lipinski definition) is 1. The van der Waals surface area contributed by atoms with Gasteiger partial charge in [0, 0.05) is 12.1 Å². The van der Waals surface area contributed by atoms with Crippen molar-refractivity contribution in [3.05, 3.63) is 60.9 Å². The standard InChI is InChI=1S/C27H24N6O2/c1-2-6-23(34)32-15-17-13-21(32)22(14-17)33-27-24(26(28)29-16-30-27)25(31-33)18-9-11-20(12-10-18)35-19-7-4-3-5-8-19/h3-5,7-12,16-17,21-22H,13-15H2,1H3,(H2,28,29,30). The maximum Gasteiger partial charge on any atom is 0.298 e. The van der Waals surface area contributed by atoms with Crippen LogP contribution in [0.2, 0.25) is 0 Å². The summed E-state index contributed by atoms with van der Waals surface area (Å²) in [6, 6.07) is 17.5. The number of rotatable bonds is 4. The number of likely N-dealkylation sites (tertiary alicyclic amines) is 1. The predicted molar refractivity (Wildman–Crippen MR) is 132 cm³/mol. The van der Waals surface area contributed by atoms with E-state index in [0.29, 0.717) is 17.4 Å². The second kappa shape index (κ2) is 8.44. The normalized spacial score (nSPS) is 20.6. The van der Waals surface area contributed by atoms with Crippen LogP contribution in [0.3, 0.4) is 0 Å². The largest absolute Gasteiger partial charge is 0.457 e. The van der Waals surface area contributed by atoms with Gasteiger partial charge < -0.3 is 15.4 Å². The molecule has 2 N–H and O–H groups in total. The quantitative estimate of drug-likeness (QED) is 0.458. The molecule has 3 atom stereocenters. The maximum absolute atomic E-state index is 12.6. The Bertz CT molecular complexity index is 1470. The number of piperidine rings is 1. The van der Waals surface area contributed by atoms with Gasteiger partial charge in [0.25, 0.3) is 5.91 Å². The fourth-order valence-corrected chi connectivity index (χ4v) is 5.40. The average molecular weight is 465 g/mol. The predicted octanol–water partition coefficient (Wildman–Crippen LogP) is 4.05. The zero-order valence-corrected chi connectivity index (χ0v) is 19.3. The summed E-state index contributed by atoms with van der Waals surface area (Å²) in [5.41, 5.74) is 8.61. The van der Waals surface area contributed by atoms with Gasteiger partial charge in [0.15, 0.2) is 5.65 Å². The molecular formula is C27H24N6O2. The molecule has 6 rings (SSSR count). The number of nitrogen functional groups attached to an aromatic ring is 1. The van der Waals surface area contributed by atoms with Crippen LogP contribution in [0.15, 0.2) is 60.9 Å². The topological polar surface area (TPSA) is 99.2 Å². The van der Waals surface area contributed by atoms with E-state index in [1.807, 2.05) is 64.2 Å². The Labute approximate surface area is 202 Å². The highest BCUT2D eigenvalue weighted by Crippen LogP contribution is 2.46. The summed E-state index contributed by atoms with van der Waals surface area (Å²) >= 11 is 0. The Morgan fingerprint density at radius 3 is 2.51 bits per heavy atom. The number of carbonyl (C=O) groups is 1. The van der Waals surface area contributed by atoms with E-state index < -0.39 is 0 Å². The minimum atomic E-state index is -0.121. The Morgan fingerprint density at radius 1 is 1.03 bits per heavy atom. The number of ether oxygens (including phenoxy) is 1. The molecule has 2 bridgehead atoms. The van der Waals surface area contributed by atoms with Crippen molar-refractivity contribution in [2.24, 2.45) is 5.92 Å². The fourth-order valence-electron chi connectivity index (χ4n) is 5.40. The van der Waals surface area contributed by atoms with Gasteiger partial charge in [0.2, 0.25) is 0 Å². The molecule has 0 radical (unpaired) electrons. The molecule has 0 spiro atoms. The van der Waals surface area contributed by atoms with E-state index in [1.54, 1.807) is 6.92 Å². The second-order valence-corrected chi connectivity index (χ2v) is 8.99. The van der Waals surface area contributed by atoms with Crippen molar-refractivity contribution in [3.8, 4) is 34.6 Å². The van der Waals surface area contributed by atoms with Gasteiger partial charge in [-0.2, -0.15) is 5.10 Å². The number of benzene rings is 2. The van der Waals surface area contributed by atoms with Gasteiger partial charge in [-0.15, -0.1) is 0 Å². The Kier molecular flexibility index (Phi) is 5.10. The third-order valence-corrected chi connectivity index (χ3v) is 6.88. The molecule has 1 saturated carbocycles. The van der Waals surface area contributed by atoms with Crippen LogP contribution in [0.5, 0.6) is 11.5 Å². The highest BCUT2D eigenvalue weighted by Gasteiger charge is 2.48. The molecule has 2 aromatic heterocycles. The molecule has 2 aliphatic rings. The second-order valence-electron chi connectivity index (χ2n) is 8.99. The van der Waals surface area contributed by atoms with Crippen molar-refractivity contribution in [1.82, 2.24) is 24.6 Å². The Hall–Kier alpha value is -4.38. The van der Waals surface area contributed by atoms with Gasteiger partial charge in [-0.05, 0) is 68.0 Å². The molecule has 8 heteroatoms. The molecule has 1 saturated heterocycles. The smallest absolute Gasteiger partial charge is 0.298 e. The SMILES string of the molecule is CC#CC(=O)N1CC2CC1C(n1nc(-c3ccc(Oc4ccccc4)cc3)c3c(N)ncnc31)C2. The number of amides is 1.